The van der Waals surface area contributed by atoms with E-state index in [1.807, 2.05) is 12.1 Å². The molecule has 0 spiro atoms. The zero-order chi connectivity index (χ0) is 18.5. The average Bonchev–Trinajstić information content (AvgIpc) is 2.45. The number of nitrogens with one attached hydrogen (secondary N) is 1. The molecule has 3 heteroatoms. The highest BCUT2D eigenvalue weighted by Crippen LogP contribution is 2.39. The predicted molar refractivity (Wildman–Crippen MR) is 105 cm³/mol. The number of phenols is 1. The number of amidine groups is 1. The van der Waals surface area contributed by atoms with Crippen LogP contribution in [0.1, 0.15) is 58.2 Å². The lowest BCUT2D eigenvalue weighted by atomic mass is 9.78. The molecule has 0 heterocycles. The second kappa shape index (κ2) is 7.69. The molecular weight excluding hydrogens is 296 g/mol. The molecule has 1 aromatic rings. The number of rotatable bonds is 5. The maximum absolute atomic E-state index is 10.8. The molecule has 0 saturated heterocycles. The van der Waals surface area contributed by atoms with Crippen molar-refractivity contribution in [3.05, 3.63) is 54.1 Å². The van der Waals surface area contributed by atoms with E-state index in [9.17, 15) is 5.11 Å². The highest BCUT2D eigenvalue weighted by Gasteiger charge is 2.27. The largest absolute Gasteiger partial charge is 0.507 e. The second-order valence-electron chi connectivity index (χ2n) is 8.07. The van der Waals surface area contributed by atoms with Crippen LogP contribution in [0.15, 0.2) is 42.4 Å². The molecular formula is C21H32N2O. The number of hydrogen-bond acceptors (Lipinski definition) is 2. The lowest BCUT2D eigenvalue weighted by Gasteiger charge is -2.28. The van der Waals surface area contributed by atoms with Crippen LogP contribution in [0.4, 0.5) is 0 Å². The van der Waals surface area contributed by atoms with Crippen molar-refractivity contribution in [2.24, 2.45) is 4.99 Å². The van der Waals surface area contributed by atoms with Gasteiger partial charge >= 0.3 is 0 Å². The Balaban J connectivity index is 3.61. The Bertz CT molecular complexity index is 593. The van der Waals surface area contributed by atoms with Crippen LogP contribution in [0.25, 0.3) is 0 Å². The molecule has 132 valence electrons. The maximum atomic E-state index is 10.8. The third-order valence-electron chi connectivity index (χ3n) is 3.79. The van der Waals surface area contributed by atoms with Crippen LogP contribution in [0.2, 0.25) is 0 Å². The normalized spacial score (nSPS) is 12.8. The van der Waals surface area contributed by atoms with Crippen LogP contribution in [0.3, 0.4) is 0 Å². The van der Waals surface area contributed by atoms with Crippen LogP contribution in [0.5, 0.6) is 5.75 Å². The van der Waals surface area contributed by atoms with Gasteiger partial charge in [0, 0.05) is 23.2 Å². The summed E-state index contributed by atoms with van der Waals surface area (Å²) >= 11 is 0. The molecule has 24 heavy (non-hydrogen) atoms. The Hall–Kier alpha value is -2.03. The molecule has 0 aromatic heterocycles. The summed E-state index contributed by atoms with van der Waals surface area (Å²) in [5.41, 5.74) is 2.50. The molecule has 1 aromatic carbocycles. The van der Waals surface area contributed by atoms with Gasteiger partial charge < -0.3 is 10.4 Å². The van der Waals surface area contributed by atoms with Crippen molar-refractivity contribution in [1.29, 1.82) is 0 Å². The number of hydrogen-bond donors (Lipinski definition) is 2. The Morgan fingerprint density at radius 3 is 1.92 bits per heavy atom. The van der Waals surface area contributed by atoms with Gasteiger partial charge in [0.25, 0.3) is 0 Å². The molecule has 0 aliphatic rings. The Morgan fingerprint density at radius 1 is 1.04 bits per heavy atom. The molecule has 0 saturated carbocycles. The summed E-state index contributed by atoms with van der Waals surface area (Å²) in [6.45, 7) is 21.3. The van der Waals surface area contributed by atoms with Crippen LogP contribution in [-0.2, 0) is 10.8 Å². The van der Waals surface area contributed by atoms with Gasteiger partial charge in [-0.2, -0.15) is 0 Å². The van der Waals surface area contributed by atoms with Gasteiger partial charge in [-0.25, -0.2) is 0 Å². The first-order valence-electron chi connectivity index (χ1n) is 8.40. The molecule has 0 atom stereocenters. The summed E-state index contributed by atoms with van der Waals surface area (Å²) in [5, 5.41) is 14.1. The van der Waals surface area contributed by atoms with Crippen molar-refractivity contribution in [3.63, 3.8) is 0 Å². The van der Waals surface area contributed by atoms with Crippen molar-refractivity contribution in [3.8, 4) is 5.75 Å². The van der Waals surface area contributed by atoms with E-state index in [4.69, 9.17) is 0 Å². The Labute approximate surface area is 147 Å². The summed E-state index contributed by atoms with van der Waals surface area (Å²) in [7, 11) is 0. The van der Waals surface area contributed by atoms with Gasteiger partial charge in [-0.3, -0.25) is 4.99 Å². The minimum atomic E-state index is -0.165. The summed E-state index contributed by atoms with van der Waals surface area (Å²) in [4.78, 5) is 4.58. The van der Waals surface area contributed by atoms with Crippen molar-refractivity contribution < 1.29 is 5.11 Å². The SMILES string of the molecule is C=CCN=C(NCC=C)c1cc(C(C)(C)C)c(O)c(C(C)(C)C)c1. The Morgan fingerprint density at radius 2 is 1.54 bits per heavy atom. The van der Waals surface area contributed by atoms with E-state index in [2.05, 4.69) is 65.0 Å². The zero-order valence-corrected chi connectivity index (χ0v) is 16.0. The van der Waals surface area contributed by atoms with Crippen molar-refractivity contribution in [1.82, 2.24) is 5.32 Å². The number of benzene rings is 1. The van der Waals surface area contributed by atoms with E-state index in [1.54, 1.807) is 12.2 Å². The molecule has 1 rings (SSSR count). The fraction of sp³-hybridized carbons (Fsp3) is 0.476. The van der Waals surface area contributed by atoms with Gasteiger partial charge in [0.2, 0.25) is 0 Å². The number of nitrogens with zero attached hydrogens (tertiary/aromatic N) is 1. The highest BCUT2D eigenvalue weighted by molar-refractivity contribution is 5.99. The summed E-state index contributed by atoms with van der Waals surface area (Å²) in [6.07, 6.45) is 3.57. The Kier molecular flexibility index (Phi) is 6.42. The second-order valence-corrected chi connectivity index (χ2v) is 8.07. The van der Waals surface area contributed by atoms with E-state index in [1.165, 1.54) is 0 Å². The van der Waals surface area contributed by atoms with Crippen molar-refractivity contribution >= 4 is 5.84 Å². The van der Waals surface area contributed by atoms with Gasteiger partial charge in [0.05, 0.1) is 6.54 Å². The van der Waals surface area contributed by atoms with Crippen LogP contribution < -0.4 is 5.32 Å². The van der Waals surface area contributed by atoms with E-state index in [-0.39, 0.29) is 10.8 Å². The minimum absolute atomic E-state index is 0.165. The third-order valence-corrected chi connectivity index (χ3v) is 3.79. The van der Waals surface area contributed by atoms with Crippen LogP contribution in [-0.4, -0.2) is 24.0 Å². The van der Waals surface area contributed by atoms with E-state index < -0.39 is 0 Å². The molecule has 2 N–H and O–H groups in total. The predicted octanol–water partition coefficient (Wildman–Crippen LogP) is 4.70. The van der Waals surface area contributed by atoms with E-state index in [0.29, 0.717) is 18.8 Å². The topological polar surface area (TPSA) is 44.6 Å². The van der Waals surface area contributed by atoms with E-state index >= 15 is 0 Å². The van der Waals surface area contributed by atoms with Gasteiger partial charge in [-0.05, 0) is 23.0 Å². The lowest BCUT2D eigenvalue weighted by Crippen LogP contribution is -2.27. The molecule has 0 radical (unpaired) electrons. The van der Waals surface area contributed by atoms with Crippen LogP contribution in [0, 0.1) is 0 Å². The molecule has 0 unspecified atom stereocenters. The fourth-order valence-corrected chi connectivity index (χ4v) is 2.49. The minimum Gasteiger partial charge on any atom is -0.507 e. The maximum Gasteiger partial charge on any atom is 0.128 e. The fourth-order valence-electron chi connectivity index (χ4n) is 2.49. The lowest BCUT2D eigenvalue weighted by molar-refractivity contribution is 0.423. The van der Waals surface area contributed by atoms with E-state index in [0.717, 1.165) is 22.5 Å². The molecule has 0 bridgehead atoms. The molecule has 3 nitrogen and oxygen atoms in total. The van der Waals surface area contributed by atoms with Crippen molar-refractivity contribution in [2.45, 2.75) is 52.4 Å². The van der Waals surface area contributed by atoms with Gasteiger partial charge in [-0.1, -0.05) is 53.7 Å². The van der Waals surface area contributed by atoms with Crippen molar-refractivity contribution in [2.75, 3.05) is 13.1 Å². The summed E-state index contributed by atoms with van der Waals surface area (Å²) < 4.78 is 0. The van der Waals surface area contributed by atoms with Gasteiger partial charge in [-0.15, -0.1) is 13.2 Å². The molecule has 0 aliphatic carbocycles. The quantitative estimate of drug-likeness (QED) is 0.468. The number of phenolic OH excluding ortho intramolecular Hbond substituents is 1. The standard InChI is InChI=1S/C21H32N2O/c1-9-11-22-19(23-12-10-2)15-13-16(20(3,4)5)18(24)17(14-15)21(6,7)8/h9-10,13-14,24H,1-2,11-12H2,3-8H3,(H,22,23). The summed E-state index contributed by atoms with van der Waals surface area (Å²) in [6, 6.07) is 4.06. The first kappa shape index (κ1) is 20.0. The molecule has 0 amide bonds. The highest BCUT2D eigenvalue weighted by atomic mass is 16.3. The monoisotopic (exact) mass is 328 g/mol. The van der Waals surface area contributed by atoms with Gasteiger partial charge in [0.1, 0.15) is 11.6 Å². The first-order valence-corrected chi connectivity index (χ1v) is 8.40. The first-order chi connectivity index (χ1) is 11.0. The third kappa shape index (κ3) is 4.98. The number of aliphatic imine (C=N–C) groups is 1. The smallest absolute Gasteiger partial charge is 0.128 e. The van der Waals surface area contributed by atoms with Gasteiger partial charge in [0.15, 0.2) is 0 Å². The number of aromatic hydroxyl groups is 1. The molecule has 0 aliphatic heterocycles. The van der Waals surface area contributed by atoms with Crippen LogP contribution >= 0.6 is 0 Å². The molecule has 0 fully saturated rings. The zero-order valence-electron chi connectivity index (χ0n) is 16.0. The summed E-state index contributed by atoms with van der Waals surface area (Å²) in [5.74, 6) is 1.18. The average molecular weight is 329 g/mol.